The van der Waals surface area contributed by atoms with E-state index in [1.165, 1.54) is 4.88 Å². The van der Waals surface area contributed by atoms with E-state index < -0.39 is 0 Å². The Labute approximate surface area is 201 Å². The summed E-state index contributed by atoms with van der Waals surface area (Å²) in [5.41, 5.74) is 3.80. The van der Waals surface area contributed by atoms with Crippen molar-refractivity contribution in [3.05, 3.63) is 94.1 Å². The van der Waals surface area contributed by atoms with Gasteiger partial charge in [-0.15, -0.1) is 11.3 Å². The van der Waals surface area contributed by atoms with Gasteiger partial charge in [0.05, 0.1) is 25.3 Å². The largest absolute Gasteiger partial charge is 0.497 e. The number of aromatic nitrogens is 2. The van der Waals surface area contributed by atoms with E-state index in [0.717, 1.165) is 28.1 Å². The average molecular weight is 475 g/mol. The maximum atomic E-state index is 5.81. The van der Waals surface area contributed by atoms with Crippen molar-refractivity contribution >= 4 is 34.2 Å². The number of hydrogen-bond acceptors (Lipinski definition) is 6. The summed E-state index contributed by atoms with van der Waals surface area (Å²) in [5.74, 6) is 1.71. The predicted molar refractivity (Wildman–Crippen MR) is 134 cm³/mol. The van der Waals surface area contributed by atoms with Crippen LogP contribution in [-0.2, 0) is 6.54 Å². The van der Waals surface area contributed by atoms with Crippen molar-refractivity contribution in [2.45, 2.75) is 19.5 Å². The van der Waals surface area contributed by atoms with Crippen molar-refractivity contribution in [3.63, 3.8) is 0 Å². The van der Waals surface area contributed by atoms with E-state index in [1.807, 2.05) is 48.5 Å². The molecule has 1 aliphatic heterocycles. The summed E-state index contributed by atoms with van der Waals surface area (Å²) in [5, 5.41) is 10.5. The molecule has 1 atom stereocenters. The van der Waals surface area contributed by atoms with Gasteiger partial charge in [-0.3, -0.25) is 0 Å². The number of thiophene rings is 1. The number of rotatable bonds is 6. The molecular formula is C25H22N4O2S2. The summed E-state index contributed by atoms with van der Waals surface area (Å²) in [6, 6.07) is 21.7. The summed E-state index contributed by atoms with van der Waals surface area (Å²) in [7, 11) is 1.64. The molecule has 1 aliphatic rings. The molecule has 2 aromatic heterocycles. The van der Waals surface area contributed by atoms with Gasteiger partial charge >= 0.3 is 0 Å². The first-order valence-corrected chi connectivity index (χ1v) is 11.8. The number of ether oxygens (including phenoxy) is 1. The Morgan fingerprint density at radius 2 is 1.97 bits per heavy atom. The average Bonchev–Trinajstić information content (AvgIpc) is 3.54. The first kappa shape index (κ1) is 21.4. The van der Waals surface area contributed by atoms with Crippen LogP contribution >= 0.6 is 23.6 Å². The second-order valence-electron chi connectivity index (χ2n) is 7.61. The molecule has 0 aliphatic carbocycles. The Bertz CT molecular complexity index is 1300. The van der Waals surface area contributed by atoms with Gasteiger partial charge < -0.3 is 19.5 Å². The van der Waals surface area contributed by atoms with E-state index in [9.17, 15) is 0 Å². The molecule has 1 N–H and O–H groups in total. The molecule has 6 nitrogen and oxygen atoms in total. The van der Waals surface area contributed by atoms with E-state index in [-0.39, 0.29) is 6.04 Å². The molecule has 0 bridgehead atoms. The molecule has 0 amide bonds. The Balaban J connectivity index is 1.59. The van der Waals surface area contributed by atoms with Gasteiger partial charge in [0.1, 0.15) is 5.75 Å². The molecule has 2 aromatic carbocycles. The van der Waals surface area contributed by atoms with Crippen LogP contribution in [0.3, 0.4) is 0 Å². The van der Waals surface area contributed by atoms with Crippen molar-refractivity contribution in [2.24, 2.45) is 0 Å². The molecule has 166 valence electrons. The maximum Gasteiger partial charge on any atom is 0.258 e. The second kappa shape index (κ2) is 9.17. The number of hydrogen-bond donors (Lipinski definition) is 1. The highest BCUT2D eigenvalue weighted by Gasteiger charge is 2.34. The van der Waals surface area contributed by atoms with Crippen molar-refractivity contribution in [1.29, 1.82) is 0 Å². The number of nitrogens with one attached hydrogen (secondary N) is 1. The number of nitrogens with zero attached hydrogens (tertiary/aromatic N) is 3. The lowest BCUT2D eigenvalue weighted by atomic mass is 9.95. The Kier molecular flexibility index (Phi) is 5.93. The van der Waals surface area contributed by atoms with Crippen molar-refractivity contribution < 1.29 is 9.26 Å². The standard InChI is InChI=1S/C25H22N4O2S2/c1-16-21(24-27-23(28-31-24)18-10-6-11-19(14-18)30-2)22(17-8-4-3-5-9-17)26-25(32)29(16)15-20-12-7-13-33-20/h3-14,22H,15H2,1-2H3,(H,26,32). The maximum absolute atomic E-state index is 5.81. The minimum absolute atomic E-state index is 0.197. The summed E-state index contributed by atoms with van der Waals surface area (Å²) < 4.78 is 11.1. The Morgan fingerprint density at radius 1 is 1.12 bits per heavy atom. The molecule has 5 rings (SSSR count). The van der Waals surface area contributed by atoms with Crippen LogP contribution in [0.1, 0.15) is 29.3 Å². The van der Waals surface area contributed by atoms with Crippen LogP contribution in [0.5, 0.6) is 5.75 Å². The monoisotopic (exact) mass is 474 g/mol. The summed E-state index contributed by atoms with van der Waals surface area (Å²) in [4.78, 5) is 8.07. The quantitative estimate of drug-likeness (QED) is 0.361. The van der Waals surface area contributed by atoms with Crippen LogP contribution in [0.4, 0.5) is 0 Å². The van der Waals surface area contributed by atoms with E-state index in [0.29, 0.717) is 23.4 Å². The zero-order valence-electron chi connectivity index (χ0n) is 18.2. The van der Waals surface area contributed by atoms with Gasteiger partial charge in [-0.2, -0.15) is 4.98 Å². The fraction of sp³-hybridized carbons (Fsp3) is 0.160. The molecule has 1 unspecified atom stereocenters. The minimum Gasteiger partial charge on any atom is -0.497 e. The third-order valence-electron chi connectivity index (χ3n) is 5.61. The fourth-order valence-electron chi connectivity index (χ4n) is 3.91. The van der Waals surface area contributed by atoms with Crippen LogP contribution < -0.4 is 10.1 Å². The Hall–Kier alpha value is -3.49. The van der Waals surface area contributed by atoms with Crippen LogP contribution in [0.2, 0.25) is 0 Å². The SMILES string of the molecule is COc1cccc(-c2noc(C3=C(C)N(Cc4cccs4)C(=S)NC3c3ccccc3)n2)c1. The van der Waals surface area contributed by atoms with Gasteiger partial charge in [-0.25, -0.2) is 0 Å². The Morgan fingerprint density at radius 3 is 2.73 bits per heavy atom. The minimum atomic E-state index is -0.197. The lowest BCUT2D eigenvalue weighted by molar-refractivity contribution is 0.396. The summed E-state index contributed by atoms with van der Waals surface area (Å²) in [6.45, 7) is 2.73. The molecule has 0 saturated heterocycles. The van der Waals surface area contributed by atoms with Gasteiger partial charge in [-0.05, 0) is 48.3 Å². The van der Waals surface area contributed by atoms with Crippen LogP contribution in [0, 0.1) is 0 Å². The highest BCUT2D eigenvalue weighted by Crippen LogP contribution is 2.38. The highest BCUT2D eigenvalue weighted by molar-refractivity contribution is 7.80. The van der Waals surface area contributed by atoms with E-state index in [2.05, 4.69) is 45.9 Å². The third-order valence-corrected chi connectivity index (χ3v) is 6.81. The lowest BCUT2D eigenvalue weighted by Gasteiger charge is -2.37. The van der Waals surface area contributed by atoms with Crippen LogP contribution in [0.25, 0.3) is 17.0 Å². The van der Waals surface area contributed by atoms with E-state index in [4.69, 9.17) is 26.5 Å². The molecule has 8 heteroatoms. The molecule has 0 spiro atoms. The van der Waals surface area contributed by atoms with Crippen LogP contribution in [-0.4, -0.2) is 27.3 Å². The topological polar surface area (TPSA) is 63.4 Å². The number of thiocarbonyl (C=S) groups is 1. The van der Waals surface area contributed by atoms with Gasteiger partial charge in [0.15, 0.2) is 5.11 Å². The zero-order valence-corrected chi connectivity index (χ0v) is 19.8. The molecular weight excluding hydrogens is 452 g/mol. The number of methoxy groups -OCH3 is 1. The summed E-state index contributed by atoms with van der Waals surface area (Å²) >= 11 is 7.48. The van der Waals surface area contributed by atoms with Crippen molar-refractivity contribution in [2.75, 3.05) is 7.11 Å². The third kappa shape index (κ3) is 4.27. The number of allylic oxidation sites excluding steroid dienone is 1. The van der Waals surface area contributed by atoms with Crippen molar-refractivity contribution in [3.8, 4) is 17.1 Å². The van der Waals surface area contributed by atoms with E-state index in [1.54, 1.807) is 18.4 Å². The number of benzene rings is 2. The molecule has 0 saturated carbocycles. The highest BCUT2D eigenvalue weighted by atomic mass is 32.1. The predicted octanol–water partition coefficient (Wildman–Crippen LogP) is 5.67. The first-order valence-electron chi connectivity index (χ1n) is 10.5. The smallest absolute Gasteiger partial charge is 0.258 e. The lowest BCUT2D eigenvalue weighted by Crippen LogP contribution is -2.45. The first-order chi connectivity index (χ1) is 16.1. The van der Waals surface area contributed by atoms with Gasteiger partial charge in [0.25, 0.3) is 5.89 Å². The fourth-order valence-corrected chi connectivity index (χ4v) is 4.93. The van der Waals surface area contributed by atoms with Crippen LogP contribution in [0.15, 0.2) is 82.3 Å². The molecule has 0 radical (unpaired) electrons. The molecule has 3 heterocycles. The van der Waals surface area contributed by atoms with Gasteiger partial charge in [0.2, 0.25) is 5.82 Å². The van der Waals surface area contributed by atoms with Gasteiger partial charge in [-0.1, -0.05) is 53.7 Å². The van der Waals surface area contributed by atoms with Gasteiger partial charge in [0, 0.05) is 16.1 Å². The second-order valence-corrected chi connectivity index (χ2v) is 9.03. The molecule has 0 fully saturated rings. The zero-order chi connectivity index (χ0) is 22.8. The molecule has 33 heavy (non-hydrogen) atoms. The summed E-state index contributed by atoms with van der Waals surface area (Å²) in [6.07, 6.45) is 0. The van der Waals surface area contributed by atoms with E-state index >= 15 is 0 Å². The molecule has 4 aromatic rings. The van der Waals surface area contributed by atoms with Crippen molar-refractivity contribution in [1.82, 2.24) is 20.4 Å². The normalized spacial score (nSPS) is 16.1.